The van der Waals surface area contributed by atoms with E-state index in [2.05, 4.69) is 44.5 Å². The standard InChI is InChI=1S/C12H24N2O2/c1-9-7-13(5)8-10(6-11(15)16)14(9)12(2,3)4/h9-10H,6-8H2,1-5H3,(H,15,16). The monoisotopic (exact) mass is 228 g/mol. The van der Waals surface area contributed by atoms with Crippen LogP contribution in [0.3, 0.4) is 0 Å². The minimum absolute atomic E-state index is 0.0286. The highest BCUT2D eigenvalue weighted by atomic mass is 16.4. The Kier molecular flexibility index (Phi) is 3.97. The van der Waals surface area contributed by atoms with E-state index < -0.39 is 5.97 Å². The lowest BCUT2D eigenvalue weighted by atomic mass is 9.95. The van der Waals surface area contributed by atoms with Gasteiger partial charge in [0.25, 0.3) is 0 Å². The molecule has 0 aliphatic carbocycles. The minimum Gasteiger partial charge on any atom is -0.481 e. The molecule has 1 fully saturated rings. The highest BCUT2D eigenvalue weighted by molar-refractivity contribution is 5.67. The Bertz CT molecular complexity index is 260. The molecule has 2 unspecified atom stereocenters. The van der Waals surface area contributed by atoms with Crippen LogP contribution in [-0.2, 0) is 4.79 Å². The van der Waals surface area contributed by atoms with Crippen molar-refractivity contribution in [2.75, 3.05) is 20.1 Å². The quantitative estimate of drug-likeness (QED) is 0.773. The third-order valence-corrected chi connectivity index (χ3v) is 3.15. The summed E-state index contributed by atoms with van der Waals surface area (Å²) in [5, 5.41) is 8.98. The second-order valence-electron chi connectivity index (χ2n) is 5.90. The summed E-state index contributed by atoms with van der Waals surface area (Å²) in [6.45, 7) is 10.5. The van der Waals surface area contributed by atoms with Crippen molar-refractivity contribution in [1.82, 2.24) is 9.80 Å². The number of hydrogen-bond acceptors (Lipinski definition) is 3. The van der Waals surface area contributed by atoms with Gasteiger partial charge in [-0.2, -0.15) is 0 Å². The van der Waals surface area contributed by atoms with Crippen molar-refractivity contribution in [3.8, 4) is 0 Å². The van der Waals surface area contributed by atoms with Gasteiger partial charge in [-0.1, -0.05) is 0 Å². The molecular formula is C12H24N2O2. The Morgan fingerprint density at radius 1 is 1.38 bits per heavy atom. The molecule has 4 heteroatoms. The van der Waals surface area contributed by atoms with Crippen LogP contribution < -0.4 is 0 Å². The number of likely N-dealkylation sites (N-methyl/N-ethyl adjacent to an activating group) is 1. The van der Waals surface area contributed by atoms with Crippen LogP contribution in [-0.4, -0.2) is 58.6 Å². The third kappa shape index (κ3) is 3.19. The van der Waals surface area contributed by atoms with Crippen LogP contribution in [0.4, 0.5) is 0 Å². The van der Waals surface area contributed by atoms with E-state index in [1.165, 1.54) is 0 Å². The summed E-state index contributed by atoms with van der Waals surface area (Å²) in [4.78, 5) is 15.5. The number of aliphatic carboxylic acids is 1. The van der Waals surface area contributed by atoms with Gasteiger partial charge in [-0.3, -0.25) is 9.69 Å². The van der Waals surface area contributed by atoms with Gasteiger partial charge >= 0.3 is 5.97 Å². The first-order valence-electron chi connectivity index (χ1n) is 5.90. The lowest BCUT2D eigenvalue weighted by Crippen LogP contribution is -2.63. The molecule has 0 aromatic carbocycles. The maximum Gasteiger partial charge on any atom is 0.304 e. The van der Waals surface area contributed by atoms with Gasteiger partial charge in [0.2, 0.25) is 0 Å². The number of carbonyl (C=O) groups is 1. The molecule has 4 nitrogen and oxygen atoms in total. The number of carboxylic acids is 1. The van der Waals surface area contributed by atoms with Gasteiger partial charge in [-0.05, 0) is 34.7 Å². The first kappa shape index (κ1) is 13.5. The van der Waals surface area contributed by atoms with E-state index in [-0.39, 0.29) is 18.0 Å². The van der Waals surface area contributed by atoms with Gasteiger partial charge in [0, 0.05) is 30.7 Å². The van der Waals surface area contributed by atoms with Crippen LogP contribution in [0.5, 0.6) is 0 Å². The zero-order valence-electron chi connectivity index (χ0n) is 11.0. The van der Waals surface area contributed by atoms with E-state index >= 15 is 0 Å². The molecule has 0 aromatic heterocycles. The molecule has 1 aliphatic rings. The van der Waals surface area contributed by atoms with E-state index in [0.29, 0.717) is 6.04 Å². The summed E-state index contributed by atoms with van der Waals surface area (Å²) in [7, 11) is 2.06. The molecule has 0 saturated carbocycles. The van der Waals surface area contributed by atoms with Crippen molar-refractivity contribution in [3.63, 3.8) is 0 Å². The van der Waals surface area contributed by atoms with E-state index in [4.69, 9.17) is 5.11 Å². The van der Waals surface area contributed by atoms with Crippen molar-refractivity contribution in [1.29, 1.82) is 0 Å². The number of rotatable bonds is 2. The van der Waals surface area contributed by atoms with Gasteiger partial charge in [-0.25, -0.2) is 0 Å². The molecule has 0 amide bonds. The zero-order valence-corrected chi connectivity index (χ0v) is 11.0. The van der Waals surface area contributed by atoms with Crippen molar-refractivity contribution < 1.29 is 9.90 Å². The van der Waals surface area contributed by atoms with Gasteiger partial charge < -0.3 is 10.0 Å². The lowest BCUT2D eigenvalue weighted by Gasteiger charge is -2.50. The molecule has 0 aromatic rings. The fourth-order valence-electron chi connectivity index (χ4n) is 2.99. The van der Waals surface area contributed by atoms with Gasteiger partial charge in [0.1, 0.15) is 0 Å². The van der Waals surface area contributed by atoms with Crippen LogP contribution in [0.2, 0.25) is 0 Å². The van der Waals surface area contributed by atoms with Crippen molar-refractivity contribution >= 4 is 5.97 Å². The summed E-state index contributed by atoms with van der Waals surface area (Å²) >= 11 is 0. The molecule has 0 bridgehead atoms. The molecule has 1 N–H and O–H groups in total. The topological polar surface area (TPSA) is 43.8 Å². The molecule has 94 valence electrons. The number of carboxylic acid groups (broad SMARTS) is 1. The largest absolute Gasteiger partial charge is 0.481 e. The highest BCUT2D eigenvalue weighted by Crippen LogP contribution is 2.26. The summed E-state index contributed by atoms with van der Waals surface area (Å²) in [5.74, 6) is -0.707. The van der Waals surface area contributed by atoms with Crippen molar-refractivity contribution in [3.05, 3.63) is 0 Å². The maximum absolute atomic E-state index is 10.9. The third-order valence-electron chi connectivity index (χ3n) is 3.15. The van der Waals surface area contributed by atoms with E-state index in [1.807, 2.05) is 0 Å². The normalized spacial score (nSPS) is 29.3. The smallest absolute Gasteiger partial charge is 0.304 e. The molecule has 0 radical (unpaired) electrons. The second kappa shape index (κ2) is 4.72. The Morgan fingerprint density at radius 2 is 1.94 bits per heavy atom. The SMILES string of the molecule is CC1CN(C)CC(CC(=O)O)N1C(C)(C)C. The molecule has 1 heterocycles. The van der Waals surface area contributed by atoms with Crippen LogP contribution in [0.15, 0.2) is 0 Å². The Hall–Kier alpha value is -0.610. The van der Waals surface area contributed by atoms with Crippen LogP contribution >= 0.6 is 0 Å². The van der Waals surface area contributed by atoms with Crippen LogP contribution in [0, 0.1) is 0 Å². The maximum atomic E-state index is 10.9. The molecule has 1 saturated heterocycles. The number of nitrogens with zero attached hydrogens (tertiary/aromatic N) is 2. The first-order valence-corrected chi connectivity index (χ1v) is 5.90. The Balaban J connectivity index is 2.85. The first-order chi connectivity index (χ1) is 7.21. The van der Waals surface area contributed by atoms with Crippen molar-refractivity contribution in [2.45, 2.75) is 51.7 Å². The summed E-state index contributed by atoms with van der Waals surface area (Å²) < 4.78 is 0. The van der Waals surface area contributed by atoms with E-state index in [9.17, 15) is 4.79 Å². The van der Waals surface area contributed by atoms with Gasteiger partial charge in [-0.15, -0.1) is 0 Å². The van der Waals surface area contributed by atoms with E-state index in [0.717, 1.165) is 13.1 Å². The highest BCUT2D eigenvalue weighted by Gasteiger charge is 2.38. The number of piperazine rings is 1. The molecular weight excluding hydrogens is 204 g/mol. The summed E-state index contributed by atoms with van der Waals surface area (Å²) in [6, 6.07) is 0.523. The van der Waals surface area contributed by atoms with Crippen LogP contribution in [0.25, 0.3) is 0 Å². The number of hydrogen-bond donors (Lipinski definition) is 1. The lowest BCUT2D eigenvalue weighted by molar-refractivity contribution is -0.140. The Labute approximate surface area is 98.2 Å². The fourth-order valence-corrected chi connectivity index (χ4v) is 2.99. The minimum atomic E-state index is -0.707. The van der Waals surface area contributed by atoms with Gasteiger partial charge in [0.05, 0.1) is 6.42 Å². The Morgan fingerprint density at radius 3 is 2.38 bits per heavy atom. The van der Waals surface area contributed by atoms with Crippen LogP contribution in [0.1, 0.15) is 34.1 Å². The summed E-state index contributed by atoms with van der Waals surface area (Å²) in [5.41, 5.74) is 0.0286. The molecule has 1 rings (SSSR count). The summed E-state index contributed by atoms with van der Waals surface area (Å²) in [6.07, 6.45) is 0.228. The second-order valence-corrected chi connectivity index (χ2v) is 5.90. The zero-order chi connectivity index (χ0) is 12.5. The molecule has 2 atom stereocenters. The fraction of sp³-hybridized carbons (Fsp3) is 0.917. The predicted octanol–water partition coefficient (Wildman–Crippen LogP) is 1.26. The van der Waals surface area contributed by atoms with E-state index in [1.54, 1.807) is 0 Å². The average molecular weight is 228 g/mol. The van der Waals surface area contributed by atoms with Crippen molar-refractivity contribution in [2.24, 2.45) is 0 Å². The van der Waals surface area contributed by atoms with Gasteiger partial charge in [0.15, 0.2) is 0 Å². The molecule has 16 heavy (non-hydrogen) atoms. The molecule has 1 aliphatic heterocycles. The molecule has 0 spiro atoms. The average Bonchev–Trinajstić information content (AvgIpc) is 1.96. The predicted molar refractivity (Wildman–Crippen MR) is 64.6 cm³/mol.